The Kier molecular flexibility index (Phi) is 18.3. The van der Waals surface area contributed by atoms with Gasteiger partial charge >= 0.3 is 17.4 Å². The quantitative estimate of drug-likeness (QED) is 0.0320. The number of carbonyl (C=O) groups is 3. The van der Waals surface area contributed by atoms with Crippen molar-refractivity contribution >= 4 is 34.1 Å². The predicted octanol–water partition coefficient (Wildman–Crippen LogP) is 6.20. The van der Waals surface area contributed by atoms with Crippen molar-refractivity contribution in [2.45, 2.75) is 138 Å². The largest absolute Gasteiger partial charge is 0.507 e. The van der Waals surface area contributed by atoms with Crippen LogP contribution in [0, 0.1) is 42.3 Å². The fourth-order valence-electron chi connectivity index (χ4n) is 9.68. The normalized spacial score (nSPS) is 26.3. The fourth-order valence-corrected chi connectivity index (χ4v) is 9.68. The number of Topliss-reactive ketones (excluding diaryl/α,β-unsaturated/α-hetero) is 1. The molecule has 402 valence electrons. The molecule has 74 heavy (non-hydrogen) atoms. The Morgan fingerprint density at radius 3 is 2.35 bits per heavy atom. The van der Waals surface area contributed by atoms with Gasteiger partial charge in [0.25, 0.3) is 17.2 Å². The molecule has 0 saturated heterocycles. The van der Waals surface area contributed by atoms with Gasteiger partial charge in [0, 0.05) is 80.7 Å². The summed E-state index contributed by atoms with van der Waals surface area (Å²) in [5.41, 5.74) is -1.11. The van der Waals surface area contributed by atoms with Crippen LogP contribution in [-0.2, 0) is 49.9 Å². The van der Waals surface area contributed by atoms with Crippen molar-refractivity contribution in [3.8, 4) is 23.0 Å². The Bertz CT molecular complexity index is 2940. The molecule has 1 amide bonds. The minimum absolute atomic E-state index is 0.0306. The number of amides is 1. The van der Waals surface area contributed by atoms with Crippen LogP contribution >= 0.6 is 0 Å². The third-order valence-corrected chi connectivity index (χ3v) is 14.6. The minimum Gasteiger partial charge on any atom is -0.507 e. The van der Waals surface area contributed by atoms with Gasteiger partial charge in [-0.25, -0.2) is 4.79 Å². The number of nitrogens with one attached hydrogen (secondary N) is 3. The van der Waals surface area contributed by atoms with Crippen LogP contribution in [0.3, 0.4) is 0 Å². The van der Waals surface area contributed by atoms with E-state index in [4.69, 9.17) is 18.9 Å². The molecule has 9 atom stereocenters. The van der Waals surface area contributed by atoms with Crippen LogP contribution in [0.5, 0.6) is 23.0 Å². The second kappa shape index (κ2) is 24.0. The lowest BCUT2D eigenvalue weighted by molar-refractivity contribution is -0.159. The van der Waals surface area contributed by atoms with E-state index < -0.39 is 87.9 Å². The fraction of sp³-hybridized carbons (Fsp3) is 0.528. The lowest BCUT2D eigenvalue weighted by atomic mass is 9.75. The van der Waals surface area contributed by atoms with Gasteiger partial charge in [0.1, 0.15) is 23.4 Å². The molecule has 0 saturated carbocycles. The van der Waals surface area contributed by atoms with E-state index in [1.165, 1.54) is 40.2 Å². The Hall–Kier alpha value is -6.84. The first-order valence-electron chi connectivity index (χ1n) is 25.0. The van der Waals surface area contributed by atoms with Crippen molar-refractivity contribution in [1.82, 2.24) is 29.9 Å². The number of aryl methyl sites for hydroxylation is 3. The van der Waals surface area contributed by atoms with Gasteiger partial charge in [0.2, 0.25) is 5.82 Å². The number of hydrogen-bond donors (Lipinski definition) is 7. The van der Waals surface area contributed by atoms with Gasteiger partial charge in [-0.15, -0.1) is 5.10 Å². The number of aliphatic hydroxyl groups excluding tert-OH is 1. The first kappa shape index (κ1) is 56.5. The highest BCUT2D eigenvalue weighted by Crippen LogP contribution is 2.55. The topological polar surface area (TPSA) is 279 Å². The van der Waals surface area contributed by atoms with Crippen LogP contribution in [-0.4, -0.2) is 100 Å². The van der Waals surface area contributed by atoms with Crippen LogP contribution in [0.15, 0.2) is 58.1 Å². The molecule has 2 aromatic carbocycles. The number of aromatic hydroxyl groups is 3. The van der Waals surface area contributed by atoms with Crippen LogP contribution in [0.1, 0.15) is 108 Å². The summed E-state index contributed by atoms with van der Waals surface area (Å²) in [5.74, 6) is -8.24. The number of esters is 1. The van der Waals surface area contributed by atoms with Crippen molar-refractivity contribution < 1.29 is 58.1 Å². The van der Waals surface area contributed by atoms with Crippen molar-refractivity contribution in [2.24, 2.45) is 29.6 Å². The number of nitrogens with zero attached hydrogens (tertiary/aromatic N) is 4. The third kappa shape index (κ3) is 12.2. The molecule has 5 bridgehead atoms. The van der Waals surface area contributed by atoms with E-state index in [1.54, 1.807) is 30.0 Å². The zero-order chi connectivity index (χ0) is 54.3. The number of methoxy groups -OCH3 is 1. The molecule has 3 aliphatic rings. The summed E-state index contributed by atoms with van der Waals surface area (Å²) in [6.07, 6.45) is 11.2. The molecule has 21 heteroatoms. The molecule has 4 aromatic rings. The number of aliphatic hydroxyl groups is 1. The standard InChI is InChI=1S/C53H70FN7O13/c1-27-16-14-17-28(2)50(68)56-42-36(24-55-20-12-11-13-22-61-25-35(58-59-61)18-15-21-60-26-37(54)51(69)57-52(60)70)45(65)39-40(46(42)66)44(64)33(7)48-41(39)49(67)53(9,74-48)72-23-19-38(71-10)31(5)47(73-34(8)62)32(6)43(63)30(4)29(27)3/h14,16-17,19,23,25-27,29-32,38,43,47,55,63-66H,11-13,15,18,20-22,24H2,1-10H3,(H,56,68)(H,57,69,70)/b16-14+,23-19+,28-17-/t27-,29-,30+,31+,32+,38-,43+,47+,53-/m0/s1. The molecule has 7 N–H and O–H groups in total. The first-order chi connectivity index (χ1) is 35.0. The summed E-state index contributed by atoms with van der Waals surface area (Å²) >= 11 is 0. The Morgan fingerprint density at radius 1 is 0.919 bits per heavy atom. The summed E-state index contributed by atoms with van der Waals surface area (Å²) in [6.45, 7) is 16.3. The number of halogens is 1. The van der Waals surface area contributed by atoms with Gasteiger partial charge in [-0.05, 0) is 69.9 Å². The van der Waals surface area contributed by atoms with E-state index in [1.807, 2.05) is 45.7 Å². The Labute approximate surface area is 428 Å². The molecule has 2 aromatic heterocycles. The molecule has 5 heterocycles. The summed E-state index contributed by atoms with van der Waals surface area (Å²) in [5, 5.41) is 61.7. The number of unbranched alkanes of at least 4 members (excludes halogenated alkanes) is 2. The number of aromatic nitrogens is 5. The molecule has 0 radical (unpaired) electrons. The number of anilines is 1. The summed E-state index contributed by atoms with van der Waals surface area (Å²) in [4.78, 5) is 66.2. The third-order valence-electron chi connectivity index (χ3n) is 14.6. The maximum Gasteiger partial charge on any atom is 0.328 e. The van der Waals surface area contributed by atoms with E-state index in [0.29, 0.717) is 38.0 Å². The number of hydrogen-bond acceptors (Lipinski definition) is 16. The minimum atomic E-state index is -2.05. The van der Waals surface area contributed by atoms with Gasteiger partial charge < -0.3 is 50.0 Å². The van der Waals surface area contributed by atoms with Gasteiger partial charge in [-0.3, -0.25) is 33.4 Å². The van der Waals surface area contributed by atoms with Crippen LogP contribution in [0.25, 0.3) is 10.8 Å². The predicted molar refractivity (Wildman–Crippen MR) is 272 cm³/mol. The maximum atomic E-state index is 14.6. The molecule has 0 aliphatic carbocycles. The summed E-state index contributed by atoms with van der Waals surface area (Å²) in [7, 11) is 1.46. The molecule has 20 nitrogen and oxygen atoms in total. The van der Waals surface area contributed by atoms with Crippen LogP contribution < -0.4 is 26.6 Å². The van der Waals surface area contributed by atoms with Crippen molar-refractivity contribution in [3.63, 3.8) is 0 Å². The number of phenolic OH excluding ortho intramolecular Hbond substituents is 3. The first-order valence-corrected chi connectivity index (χ1v) is 25.0. The zero-order valence-corrected chi connectivity index (χ0v) is 43.7. The van der Waals surface area contributed by atoms with Crippen molar-refractivity contribution in [1.29, 1.82) is 0 Å². The number of benzene rings is 2. The Balaban J connectivity index is 1.26. The monoisotopic (exact) mass is 1030 g/mol. The molecule has 0 fully saturated rings. The SMILES string of the molecule is CO[C@H]1/C=C/O[C@@]2(C)Oc3c(C)c(O)c4c(O)c(c(CNCCCCCn5cc(CCCn6cc(F)c(=O)[nH]c6=O)nn5)c(O)c4c3C2=O)NC(=O)/C(C)=C\C=C\[C@H](C)[C@H](C)[C@@H](C)[C@@H](O)[C@@H](C)[C@H](OC(C)=O)[C@@H]1C. The maximum absolute atomic E-state index is 14.6. The molecule has 7 rings (SSSR count). The summed E-state index contributed by atoms with van der Waals surface area (Å²) in [6, 6.07) is 0. The molecular weight excluding hydrogens is 962 g/mol. The second-order valence-electron chi connectivity index (χ2n) is 19.8. The molecule has 3 aliphatic heterocycles. The lowest BCUT2D eigenvalue weighted by Gasteiger charge is -2.38. The zero-order valence-electron chi connectivity index (χ0n) is 43.7. The number of aromatic amines is 1. The smallest absolute Gasteiger partial charge is 0.328 e. The molecular formula is C53H70FN7O13. The number of fused-ring (bicyclic) bond motifs is 14. The van der Waals surface area contributed by atoms with Crippen LogP contribution in [0.2, 0.25) is 0 Å². The number of carbonyl (C=O) groups excluding carboxylic acids is 3. The number of allylic oxidation sites excluding steroid dienone is 3. The van der Waals surface area contributed by atoms with Gasteiger partial charge in [0.15, 0.2) is 5.75 Å². The molecule has 0 spiro atoms. The highest BCUT2D eigenvalue weighted by molar-refractivity contribution is 6.22. The van der Waals surface area contributed by atoms with Gasteiger partial charge in [0.05, 0.1) is 47.0 Å². The van der Waals surface area contributed by atoms with E-state index in [9.17, 15) is 48.8 Å². The van der Waals surface area contributed by atoms with Crippen LogP contribution in [0.4, 0.5) is 10.1 Å². The van der Waals surface area contributed by atoms with Crippen molar-refractivity contribution in [2.75, 3.05) is 19.0 Å². The lowest BCUT2D eigenvalue weighted by Crippen LogP contribution is -2.45. The summed E-state index contributed by atoms with van der Waals surface area (Å²) < 4.78 is 40.3. The van der Waals surface area contributed by atoms with E-state index in [0.717, 1.165) is 23.6 Å². The number of ether oxygens (including phenoxy) is 4. The number of ketones is 1. The van der Waals surface area contributed by atoms with E-state index >= 15 is 0 Å². The van der Waals surface area contributed by atoms with Crippen molar-refractivity contribution in [3.05, 3.63) is 97.6 Å². The number of phenols is 3. The van der Waals surface area contributed by atoms with E-state index in [2.05, 4.69) is 20.9 Å². The molecule has 0 unspecified atom stereocenters. The highest BCUT2D eigenvalue weighted by Gasteiger charge is 2.50. The Morgan fingerprint density at radius 2 is 1.65 bits per heavy atom. The van der Waals surface area contributed by atoms with Gasteiger partial charge in [-0.1, -0.05) is 64.5 Å². The average molecular weight is 1030 g/mol. The number of rotatable bonds is 14. The highest BCUT2D eigenvalue weighted by atomic mass is 19.1. The van der Waals surface area contributed by atoms with Gasteiger partial charge in [-0.2, -0.15) is 4.39 Å². The second-order valence-corrected chi connectivity index (χ2v) is 19.8. The number of H-pyrrole nitrogens is 1. The van der Waals surface area contributed by atoms with E-state index in [-0.39, 0.29) is 75.3 Å². The average Bonchev–Trinajstić information content (AvgIpc) is 3.92.